The van der Waals surface area contributed by atoms with Gasteiger partial charge in [-0.3, -0.25) is 4.79 Å². The molecule has 0 atom stereocenters. The summed E-state index contributed by atoms with van der Waals surface area (Å²) in [6.45, 7) is 0. The molecule has 0 radical (unpaired) electrons. The Morgan fingerprint density at radius 1 is 1.50 bits per heavy atom. The lowest BCUT2D eigenvalue weighted by molar-refractivity contribution is 0.111. The smallest absolute Gasteiger partial charge is 0.280 e. The molecule has 0 fully saturated rings. The molecule has 0 saturated heterocycles. The second-order valence-electron chi connectivity index (χ2n) is 2.05. The van der Waals surface area contributed by atoms with E-state index in [1.165, 1.54) is 12.1 Å². The Kier molecular flexibility index (Phi) is 3.07. The predicted octanol–water partition coefficient (Wildman–Crippen LogP) is 2.44. The molecule has 0 aromatic carbocycles. The lowest BCUT2D eigenvalue weighted by Crippen LogP contribution is -1.96. The lowest BCUT2D eigenvalue weighted by Gasteiger charge is -1.99. The minimum Gasteiger partial charge on any atom is -0.296 e. The molecule has 0 amide bonds. The summed E-state index contributed by atoms with van der Waals surface area (Å²) < 4.78 is 24.7. The number of halogens is 3. The Morgan fingerprint density at radius 3 is 2.67 bits per heavy atom. The first-order valence-corrected chi connectivity index (χ1v) is 4.12. The van der Waals surface area contributed by atoms with E-state index in [9.17, 15) is 13.6 Å². The van der Waals surface area contributed by atoms with Crippen molar-refractivity contribution in [3.8, 4) is 0 Å². The monoisotopic (exact) mass is 283 g/mol. The number of aromatic nitrogens is 1. The highest BCUT2D eigenvalue weighted by atomic mass is 127. The van der Waals surface area contributed by atoms with Crippen molar-refractivity contribution >= 4 is 28.9 Å². The molecule has 64 valence electrons. The molecule has 0 saturated carbocycles. The van der Waals surface area contributed by atoms with Crippen molar-refractivity contribution in [3.63, 3.8) is 0 Å². The maximum atomic E-state index is 12.1. The Balaban J connectivity index is 3.14. The van der Waals surface area contributed by atoms with E-state index in [4.69, 9.17) is 0 Å². The summed E-state index contributed by atoms with van der Waals surface area (Å²) >= 11 is 1.86. The molecular weight excluding hydrogens is 279 g/mol. The van der Waals surface area contributed by atoms with Gasteiger partial charge in [0, 0.05) is 3.57 Å². The van der Waals surface area contributed by atoms with Crippen molar-refractivity contribution in [1.82, 2.24) is 4.98 Å². The number of alkyl halides is 2. The van der Waals surface area contributed by atoms with Crippen LogP contribution in [0.2, 0.25) is 0 Å². The fraction of sp³-hybridized carbons (Fsp3) is 0.143. The Labute approximate surface area is 81.1 Å². The second kappa shape index (κ2) is 3.88. The van der Waals surface area contributed by atoms with Crippen molar-refractivity contribution < 1.29 is 13.6 Å². The van der Waals surface area contributed by atoms with Gasteiger partial charge in [0.15, 0.2) is 6.29 Å². The third-order valence-electron chi connectivity index (χ3n) is 1.17. The van der Waals surface area contributed by atoms with E-state index in [1.54, 1.807) is 0 Å². The fourth-order valence-electron chi connectivity index (χ4n) is 0.710. The van der Waals surface area contributed by atoms with Crippen LogP contribution in [0.5, 0.6) is 0 Å². The van der Waals surface area contributed by atoms with Gasteiger partial charge < -0.3 is 0 Å². The zero-order valence-electron chi connectivity index (χ0n) is 5.80. The van der Waals surface area contributed by atoms with Crippen LogP contribution in [0.15, 0.2) is 12.1 Å². The van der Waals surface area contributed by atoms with E-state index in [2.05, 4.69) is 4.98 Å². The highest BCUT2D eigenvalue weighted by Gasteiger charge is 2.10. The van der Waals surface area contributed by atoms with Crippen molar-refractivity contribution in [3.05, 3.63) is 27.1 Å². The van der Waals surface area contributed by atoms with E-state index >= 15 is 0 Å². The molecule has 1 aromatic heterocycles. The van der Waals surface area contributed by atoms with Gasteiger partial charge >= 0.3 is 0 Å². The first-order chi connectivity index (χ1) is 5.63. The first kappa shape index (κ1) is 9.50. The molecule has 12 heavy (non-hydrogen) atoms. The van der Waals surface area contributed by atoms with E-state index < -0.39 is 6.43 Å². The summed E-state index contributed by atoms with van der Waals surface area (Å²) in [5.41, 5.74) is -0.318. The van der Waals surface area contributed by atoms with E-state index in [0.717, 1.165) is 0 Å². The van der Waals surface area contributed by atoms with E-state index in [1.807, 2.05) is 22.6 Å². The topological polar surface area (TPSA) is 30.0 Å². The number of hydrogen-bond acceptors (Lipinski definition) is 2. The number of aldehydes is 1. The number of carbonyl (C=O) groups excluding carboxylic acids is 1. The van der Waals surface area contributed by atoms with Gasteiger partial charge in [-0.2, -0.15) is 0 Å². The molecule has 1 aromatic rings. The molecule has 0 N–H and O–H groups in total. The molecule has 5 heteroatoms. The Bertz CT molecular complexity index is 303. The van der Waals surface area contributed by atoms with Crippen molar-refractivity contribution in [2.45, 2.75) is 6.43 Å². The van der Waals surface area contributed by atoms with Crippen LogP contribution in [0.4, 0.5) is 8.78 Å². The number of nitrogens with zero attached hydrogens (tertiary/aromatic N) is 1. The summed E-state index contributed by atoms with van der Waals surface area (Å²) in [6, 6.07) is 2.69. The highest BCUT2D eigenvalue weighted by molar-refractivity contribution is 14.1. The number of carbonyl (C=O) groups is 1. The number of rotatable bonds is 2. The number of hydrogen-bond donors (Lipinski definition) is 0. The molecule has 1 rings (SSSR count). The SMILES string of the molecule is O=Cc1cc(I)cc(C(F)F)n1. The molecule has 2 nitrogen and oxygen atoms in total. The minimum absolute atomic E-state index is 0.0391. The average molecular weight is 283 g/mol. The molecule has 1 heterocycles. The fourth-order valence-corrected chi connectivity index (χ4v) is 1.35. The molecule has 0 bridgehead atoms. The largest absolute Gasteiger partial charge is 0.296 e. The zero-order valence-corrected chi connectivity index (χ0v) is 7.96. The summed E-state index contributed by atoms with van der Waals surface area (Å²) in [4.78, 5) is 13.7. The van der Waals surface area contributed by atoms with Crippen LogP contribution in [-0.2, 0) is 0 Å². The molecule has 0 aliphatic rings. The lowest BCUT2D eigenvalue weighted by atomic mass is 10.3. The van der Waals surface area contributed by atoms with Crippen LogP contribution in [-0.4, -0.2) is 11.3 Å². The van der Waals surface area contributed by atoms with Crippen LogP contribution < -0.4 is 0 Å². The van der Waals surface area contributed by atoms with Crippen molar-refractivity contribution in [2.24, 2.45) is 0 Å². The van der Waals surface area contributed by atoms with Gasteiger partial charge in [-0.1, -0.05) is 0 Å². The van der Waals surface area contributed by atoms with Gasteiger partial charge in [0.25, 0.3) is 6.43 Å². The molecule has 0 spiro atoms. The third kappa shape index (κ3) is 2.20. The predicted molar refractivity (Wildman–Crippen MR) is 47.3 cm³/mol. The van der Waals surface area contributed by atoms with Crippen molar-refractivity contribution in [2.75, 3.05) is 0 Å². The normalized spacial score (nSPS) is 10.3. The third-order valence-corrected chi connectivity index (χ3v) is 1.80. The van der Waals surface area contributed by atoms with E-state index in [-0.39, 0.29) is 11.4 Å². The Hall–Kier alpha value is -0.590. The van der Waals surface area contributed by atoms with Crippen LogP contribution in [0.1, 0.15) is 22.6 Å². The first-order valence-electron chi connectivity index (χ1n) is 3.04. The standard InChI is InChI=1S/C7H4F2INO/c8-7(9)6-2-4(10)1-5(3-12)11-6/h1-3,7H. The van der Waals surface area contributed by atoms with Gasteiger partial charge in [0.1, 0.15) is 11.4 Å². The molecular formula is C7H4F2INO. The van der Waals surface area contributed by atoms with Crippen LogP contribution in [0, 0.1) is 3.57 Å². The second-order valence-corrected chi connectivity index (χ2v) is 3.30. The Morgan fingerprint density at radius 2 is 2.17 bits per heavy atom. The van der Waals surface area contributed by atoms with Crippen LogP contribution in [0.25, 0.3) is 0 Å². The van der Waals surface area contributed by atoms with Crippen LogP contribution in [0.3, 0.4) is 0 Å². The van der Waals surface area contributed by atoms with Gasteiger partial charge in [0.05, 0.1) is 0 Å². The zero-order chi connectivity index (χ0) is 9.14. The van der Waals surface area contributed by atoms with Gasteiger partial charge in [-0.05, 0) is 34.7 Å². The quantitative estimate of drug-likeness (QED) is 0.616. The van der Waals surface area contributed by atoms with E-state index in [0.29, 0.717) is 9.86 Å². The summed E-state index contributed by atoms with van der Waals surface area (Å²) in [7, 11) is 0. The number of pyridine rings is 1. The average Bonchev–Trinajstić information content (AvgIpc) is 2.03. The molecule has 0 aliphatic heterocycles. The maximum absolute atomic E-state index is 12.1. The summed E-state index contributed by atoms with van der Waals surface area (Å²) in [6.07, 6.45) is -2.17. The van der Waals surface area contributed by atoms with Crippen LogP contribution >= 0.6 is 22.6 Å². The maximum Gasteiger partial charge on any atom is 0.280 e. The minimum atomic E-state index is -2.63. The van der Waals surface area contributed by atoms with Gasteiger partial charge in [0.2, 0.25) is 0 Å². The molecule has 0 unspecified atom stereocenters. The summed E-state index contributed by atoms with van der Waals surface area (Å²) in [5, 5.41) is 0. The summed E-state index contributed by atoms with van der Waals surface area (Å²) in [5.74, 6) is 0. The molecule has 0 aliphatic carbocycles. The van der Waals surface area contributed by atoms with Gasteiger partial charge in [-0.15, -0.1) is 0 Å². The highest BCUT2D eigenvalue weighted by Crippen LogP contribution is 2.18. The van der Waals surface area contributed by atoms with Gasteiger partial charge in [-0.25, -0.2) is 13.8 Å². The van der Waals surface area contributed by atoms with Crippen molar-refractivity contribution in [1.29, 1.82) is 0 Å².